The number of nitrogens with one attached hydrogen (secondary N) is 1. The van der Waals surface area contributed by atoms with Crippen LogP contribution >= 0.6 is 22.6 Å². The second-order valence-electron chi connectivity index (χ2n) is 3.75. The molecule has 0 amide bonds. The number of halogens is 2. The summed E-state index contributed by atoms with van der Waals surface area (Å²) < 4.78 is 14.6. The van der Waals surface area contributed by atoms with Crippen LogP contribution in [0.15, 0.2) is 42.5 Å². The lowest BCUT2D eigenvalue weighted by molar-refractivity contribution is 0.612. The van der Waals surface area contributed by atoms with Gasteiger partial charge in [0.1, 0.15) is 5.82 Å². The van der Waals surface area contributed by atoms with Crippen LogP contribution in [0.2, 0.25) is 0 Å². The van der Waals surface area contributed by atoms with E-state index < -0.39 is 0 Å². The molecular formula is C14H10FIN2. The first-order valence-corrected chi connectivity index (χ1v) is 6.45. The Morgan fingerprint density at radius 2 is 2.00 bits per heavy atom. The molecule has 0 radical (unpaired) electrons. The highest BCUT2D eigenvalue weighted by molar-refractivity contribution is 14.1. The molecule has 2 aromatic carbocycles. The molecule has 0 bridgehead atoms. The summed E-state index contributed by atoms with van der Waals surface area (Å²) in [6, 6.07) is 14.2. The number of hydrogen-bond donors (Lipinski definition) is 1. The monoisotopic (exact) mass is 352 g/mol. The van der Waals surface area contributed by atoms with Gasteiger partial charge in [0.15, 0.2) is 0 Å². The lowest BCUT2D eigenvalue weighted by Gasteiger charge is -2.09. The van der Waals surface area contributed by atoms with Gasteiger partial charge in [-0.3, -0.25) is 0 Å². The van der Waals surface area contributed by atoms with E-state index in [0.29, 0.717) is 17.7 Å². The maximum Gasteiger partial charge on any atom is 0.128 e. The molecule has 1 N–H and O–H groups in total. The molecule has 0 heterocycles. The molecule has 0 spiro atoms. The molecular weight excluding hydrogens is 342 g/mol. The molecule has 2 nitrogen and oxygen atoms in total. The van der Waals surface area contributed by atoms with Gasteiger partial charge >= 0.3 is 0 Å². The molecule has 0 atom stereocenters. The first kappa shape index (κ1) is 12.8. The minimum Gasteiger partial charge on any atom is -0.380 e. The molecule has 0 aliphatic heterocycles. The predicted octanol–water partition coefficient (Wildman–Crippen LogP) is 3.91. The smallest absolute Gasteiger partial charge is 0.128 e. The van der Waals surface area contributed by atoms with Crippen molar-refractivity contribution in [3.8, 4) is 6.07 Å². The van der Waals surface area contributed by atoms with E-state index in [-0.39, 0.29) is 5.82 Å². The van der Waals surface area contributed by atoms with Crippen LogP contribution in [0.4, 0.5) is 10.1 Å². The third-order valence-corrected chi connectivity index (χ3v) is 3.46. The van der Waals surface area contributed by atoms with Crippen molar-refractivity contribution in [3.63, 3.8) is 0 Å². The van der Waals surface area contributed by atoms with Crippen LogP contribution in [0.1, 0.15) is 11.1 Å². The summed E-state index contributed by atoms with van der Waals surface area (Å²) >= 11 is 2.22. The summed E-state index contributed by atoms with van der Waals surface area (Å²) in [5.74, 6) is -0.299. The molecule has 0 aliphatic rings. The average Bonchev–Trinajstić information content (AvgIpc) is 2.39. The molecule has 2 rings (SSSR count). The van der Waals surface area contributed by atoms with Gasteiger partial charge in [0.05, 0.1) is 11.6 Å². The van der Waals surface area contributed by atoms with Crippen molar-refractivity contribution in [2.24, 2.45) is 0 Å². The summed E-state index contributed by atoms with van der Waals surface area (Å²) in [6.45, 7) is 0.362. The van der Waals surface area contributed by atoms with Crippen molar-refractivity contribution >= 4 is 28.3 Å². The standard InChI is InChI=1S/C14H10FIN2/c15-12-6-5-10(8-17)7-11(12)9-18-14-4-2-1-3-13(14)16/h1-7,18H,9H2. The van der Waals surface area contributed by atoms with E-state index in [1.165, 1.54) is 12.1 Å². The van der Waals surface area contributed by atoms with Gasteiger partial charge < -0.3 is 5.32 Å². The Kier molecular flexibility index (Phi) is 4.15. The Labute approximate surface area is 119 Å². The Balaban J connectivity index is 2.16. The van der Waals surface area contributed by atoms with Crippen molar-refractivity contribution in [1.82, 2.24) is 0 Å². The Hall–Kier alpha value is -1.61. The predicted molar refractivity (Wildman–Crippen MR) is 77.6 cm³/mol. The highest BCUT2D eigenvalue weighted by Crippen LogP contribution is 2.19. The number of benzene rings is 2. The number of nitrogens with zero attached hydrogens (tertiary/aromatic N) is 1. The molecule has 90 valence electrons. The Morgan fingerprint density at radius 1 is 1.22 bits per heavy atom. The molecule has 0 saturated heterocycles. The van der Waals surface area contributed by atoms with Crippen molar-refractivity contribution in [3.05, 3.63) is 63.0 Å². The van der Waals surface area contributed by atoms with Crippen molar-refractivity contribution < 1.29 is 4.39 Å². The molecule has 0 saturated carbocycles. The summed E-state index contributed by atoms with van der Waals surface area (Å²) in [5.41, 5.74) is 1.92. The summed E-state index contributed by atoms with van der Waals surface area (Å²) in [4.78, 5) is 0. The molecule has 18 heavy (non-hydrogen) atoms. The summed E-state index contributed by atoms with van der Waals surface area (Å²) in [5, 5.41) is 12.0. The zero-order chi connectivity index (χ0) is 13.0. The van der Waals surface area contributed by atoms with Gasteiger partial charge in [-0.05, 0) is 52.9 Å². The molecule has 0 aromatic heterocycles. The Morgan fingerprint density at radius 3 is 2.72 bits per heavy atom. The zero-order valence-electron chi connectivity index (χ0n) is 9.45. The normalized spacial score (nSPS) is 9.83. The maximum absolute atomic E-state index is 13.6. The van der Waals surface area contributed by atoms with Crippen molar-refractivity contribution in [2.45, 2.75) is 6.54 Å². The van der Waals surface area contributed by atoms with Crippen molar-refractivity contribution in [1.29, 1.82) is 5.26 Å². The van der Waals surface area contributed by atoms with E-state index in [2.05, 4.69) is 27.9 Å². The SMILES string of the molecule is N#Cc1ccc(F)c(CNc2ccccc2I)c1. The fraction of sp³-hybridized carbons (Fsp3) is 0.0714. The number of nitriles is 1. The fourth-order valence-corrected chi connectivity index (χ4v) is 2.15. The lowest BCUT2D eigenvalue weighted by Crippen LogP contribution is -2.03. The molecule has 0 aliphatic carbocycles. The summed E-state index contributed by atoms with van der Waals surface area (Å²) in [7, 11) is 0. The molecule has 0 unspecified atom stereocenters. The number of anilines is 1. The van der Waals surface area contributed by atoms with E-state index in [1.54, 1.807) is 6.07 Å². The van der Waals surface area contributed by atoms with Crippen LogP contribution < -0.4 is 5.32 Å². The van der Waals surface area contributed by atoms with Gasteiger partial charge in [-0.15, -0.1) is 0 Å². The third-order valence-electron chi connectivity index (χ3n) is 2.52. The van der Waals surface area contributed by atoms with Crippen LogP contribution in [0.5, 0.6) is 0 Å². The van der Waals surface area contributed by atoms with E-state index >= 15 is 0 Å². The van der Waals surface area contributed by atoms with Gasteiger partial charge in [-0.25, -0.2) is 4.39 Å². The van der Waals surface area contributed by atoms with E-state index in [4.69, 9.17) is 5.26 Å². The third kappa shape index (κ3) is 2.99. The van der Waals surface area contributed by atoms with Gasteiger partial charge in [0, 0.05) is 21.4 Å². The molecule has 2 aromatic rings. The quantitative estimate of drug-likeness (QED) is 0.851. The van der Waals surface area contributed by atoms with Gasteiger partial charge in [0.2, 0.25) is 0 Å². The number of para-hydroxylation sites is 1. The van der Waals surface area contributed by atoms with Gasteiger partial charge in [0.25, 0.3) is 0 Å². The maximum atomic E-state index is 13.6. The van der Waals surface area contributed by atoms with Gasteiger partial charge in [-0.1, -0.05) is 12.1 Å². The van der Waals surface area contributed by atoms with Crippen LogP contribution in [0, 0.1) is 20.7 Å². The summed E-state index contributed by atoms with van der Waals surface area (Å²) in [6.07, 6.45) is 0. The van der Waals surface area contributed by atoms with E-state index in [1.807, 2.05) is 30.3 Å². The average molecular weight is 352 g/mol. The largest absolute Gasteiger partial charge is 0.380 e. The molecule has 0 fully saturated rings. The highest BCUT2D eigenvalue weighted by Gasteiger charge is 2.04. The number of hydrogen-bond acceptors (Lipinski definition) is 2. The van der Waals surface area contributed by atoms with Crippen LogP contribution in [-0.2, 0) is 6.54 Å². The highest BCUT2D eigenvalue weighted by atomic mass is 127. The van der Waals surface area contributed by atoms with E-state index in [0.717, 1.165) is 9.26 Å². The lowest BCUT2D eigenvalue weighted by atomic mass is 10.1. The topological polar surface area (TPSA) is 35.8 Å². The first-order chi connectivity index (χ1) is 8.70. The van der Waals surface area contributed by atoms with Crippen LogP contribution in [0.3, 0.4) is 0 Å². The van der Waals surface area contributed by atoms with Crippen LogP contribution in [0.25, 0.3) is 0 Å². The first-order valence-electron chi connectivity index (χ1n) is 5.37. The number of rotatable bonds is 3. The zero-order valence-corrected chi connectivity index (χ0v) is 11.6. The Bertz CT molecular complexity index is 605. The van der Waals surface area contributed by atoms with E-state index in [9.17, 15) is 4.39 Å². The molecule has 4 heteroatoms. The van der Waals surface area contributed by atoms with Crippen LogP contribution in [-0.4, -0.2) is 0 Å². The van der Waals surface area contributed by atoms with Crippen molar-refractivity contribution in [2.75, 3.05) is 5.32 Å². The minimum atomic E-state index is -0.299. The second-order valence-corrected chi connectivity index (χ2v) is 4.91. The minimum absolute atomic E-state index is 0.299. The second kappa shape index (κ2) is 5.83. The fourth-order valence-electron chi connectivity index (χ4n) is 1.57. The van der Waals surface area contributed by atoms with Gasteiger partial charge in [-0.2, -0.15) is 5.26 Å².